The Labute approximate surface area is 101 Å². The van der Waals surface area contributed by atoms with Crippen molar-refractivity contribution >= 4 is 0 Å². The van der Waals surface area contributed by atoms with Crippen molar-refractivity contribution in [2.75, 3.05) is 32.9 Å². The van der Waals surface area contributed by atoms with Gasteiger partial charge in [0.25, 0.3) is 0 Å². The average Bonchev–Trinajstić information content (AvgIpc) is 2.25. The highest BCUT2D eigenvalue weighted by atomic mass is 16.5. The van der Waals surface area contributed by atoms with Crippen molar-refractivity contribution in [2.45, 2.75) is 46.6 Å². The maximum absolute atomic E-state index is 5.88. The summed E-state index contributed by atoms with van der Waals surface area (Å²) in [6, 6.07) is 0. The highest BCUT2D eigenvalue weighted by molar-refractivity contribution is 4.75. The van der Waals surface area contributed by atoms with Gasteiger partial charge in [-0.1, -0.05) is 27.7 Å². The molecule has 0 rings (SSSR count). The molecule has 0 aliphatic heterocycles. The average molecular weight is 231 g/mol. The molecular formula is C13H29NO2. The summed E-state index contributed by atoms with van der Waals surface area (Å²) in [5, 5.41) is 3.33. The predicted molar refractivity (Wildman–Crippen MR) is 68.8 cm³/mol. The van der Waals surface area contributed by atoms with Crippen LogP contribution in [-0.2, 0) is 9.47 Å². The zero-order valence-corrected chi connectivity index (χ0v) is 11.6. The zero-order chi connectivity index (χ0) is 12.4. The standard InChI is InChI=1S/C13H29NO2/c1-6-13(5,11-14-7-2)16-9-8-15-10-12(3)4/h12,14H,6-11H2,1-5H3. The molecule has 0 fully saturated rings. The molecule has 0 saturated heterocycles. The van der Waals surface area contributed by atoms with Crippen LogP contribution in [0.15, 0.2) is 0 Å². The van der Waals surface area contributed by atoms with Crippen molar-refractivity contribution in [3.8, 4) is 0 Å². The van der Waals surface area contributed by atoms with E-state index in [2.05, 4.69) is 39.9 Å². The minimum Gasteiger partial charge on any atom is -0.379 e. The number of hydrogen-bond acceptors (Lipinski definition) is 3. The van der Waals surface area contributed by atoms with E-state index in [1.54, 1.807) is 0 Å². The fourth-order valence-corrected chi connectivity index (χ4v) is 1.33. The molecule has 0 aromatic heterocycles. The van der Waals surface area contributed by atoms with Crippen LogP contribution in [0.5, 0.6) is 0 Å². The molecule has 98 valence electrons. The molecule has 0 radical (unpaired) electrons. The van der Waals surface area contributed by atoms with Gasteiger partial charge in [-0.05, 0) is 25.8 Å². The third-order valence-corrected chi connectivity index (χ3v) is 2.63. The normalized spacial score (nSPS) is 15.4. The van der Waals surface area contributed by atoms with Gasteiger partial charge in [0.05, 0.1) is 18.8 Å². The van der Waals surface area contributed by atoms with Gasteiger partial charge in [0.2, 0.25) is 0 Å². The van der Waals surface area contributed by atoms with Crippen LogP contribution >= 0.6 is 0 Å². The minimum atomic E-state index is -0.0583. The molecule has 0 aliphatic carbocycles. The summed E-state index contributed by atoms with van der Waals surface area (Å²) in [5.41, 5.74) is -0.0583. The lowest BCUT2D eigenvalue weighted by molar-refractivity contribution is -0.0595. The number of rotatable bonds is 10. The van der Waals surface area contributed by atoms with E-state index in [4.69, 9.17) is 9.47 Å². The van der Waals surface area contributed by atoms with E-state index in [-0.39, 0.29) is 5.60 Å². The number of ether oxygens (including phenoxy) is 2. The molecule has 3 heteroatoms. The van der Waals surface area contributed by atoms with Crippen LogP contribution in [0.2, 0.25) is 0 Å². The van der Waals surface area contributed by atoms with Crippen molar-refractivity contribution in [3.05, 3.63) is 0 Å². The summed E-state index contributed by atoms with van der Waals surface area (Å²) in [6.07, 6.45) is 1.02. The van der Waals surface area contributed by atoms with Crippen LogP contribution in [-0.4, -0.2) is 38.5 Å². The summed E-state index contributed by atoms with van der Waals surface area (Å²) in [4.78, 5) is 0. The largest absolute Gasteiger partial charge is 0.379 e. The highest BCUT2D eigenvalue weighted by Gasteiger charge is 2.21. The summed E-state index contributed by atoms with van der Waals surface area (Å²) in [7, 11) is 0. The van der Waals surface area contributed by atoms with Crippen molar-refractivity contribution in [2.24, 2.45) is 5.92 Å². The molecule has 3 nitrogen and oxygen atoms in total. The third kappa shape index (κ3) is 8.08. The fraction of sp³-hybridized carbons (Fsp3) is 1.00. The van der Waals surface area contributed by atoms with Gasteiger partial charge in [0.15, 0.2) is 0 Å². The lowest BCUT2D eigenvalue weighted by atomic mass is 10.0. The Morgan fingerprint density at radius 1 is 1.19 bits per heavy atom. The van der Waals surface area contributed by atoms with E-state index in [0.29, 0.717) is 19.1 Å². The summed E-state index contributed by atoms with van der Waals surface area (Å²) in [6.45, 7) is 14.8. The Kier molecular flexibility index (Phi) is 8.90. The minimum absolute atomic E-state index is 0.0583. The molecule has 0 heterocycles. The first kappa shape index (κ1) is 15.9. The van der Waals surface area contributed by atoms with Crippen molar-refractivity contribution in [1.29, 1.82) is 0 Å². The number of hydrogen-bond donors (Lipinski definition) is 1. The van der Waals surface area contributed by atoms with Crippen molar-refractivity contribution in [3.63, 3.8) is 0 Å². The van der Waals surface area contributed by atoms with Gasteiger partial charge >= 0.3 is 0 Å². The van der Waals surface area contributed by atoms with Crippen LogP contribution in [0.25, 0.3) is 0 Å². The Bertz CT molecular complexity index is 162. The van der Waals surface area contributed by atoms with Crippen LogP contribution < -0.4 is 5.32 Å². The lowest BCUT2D eigenvalue weighted by Gasteiger charge is -2.29. The quantitative estimate of drug-likeness (QED) is 0.586. The molecule has 0 amide bonds. The topological polar surface area (TPSA) is 30.5 Å². The Morgan fingerprint density at radius 2 is 1.88 bits per heavy atom. The smallest absolute Gasteiger partial charge is 0.0776 e. The van der Waals surface area contributed by atoms with Gasteiger partial charge in [-0.25, -0.2) is 0 Å². The Morgan fingerprint density at radius 3 is 2.38 bits per heavy atom. The second kappa shape index (κ2) is 8.97. The molecule has 0 spiro atoms. The molecule has 16 heavy (non-hydrogen) atoms. The van der Waals surface area contributed by atoms with E-state index in [1.807, 2.05) is 0 Å². The molecule has 1 atom stereocenters. The van der Waals surface area contributed by atoms with E-state index < -0.39 is 0 Å². The second-order valence-corrected chi connectivity index (χ2v) is 4.90. The zero-order valence-electron chi connectivity index (χ0n) is 11.6. The lowest BCUT2D eigenvalue weighted by Crippen LogP contribution is -2.40. The van der Waals surface area contributed by atoms with Crippen LogP contribution in [0.4, 0.5) is 0 Å². The second-order valence-electron chi connectivity index (χ2n) is 4.90. The van der Waals surface area contributed by atoms with Crippen LogP contribution in [0.3, 0.4) is 0 Å². The molecule has 0 aliphatic rings. The summed E-state index contributed by atoms with van der Waals surface area (Å²) < 4.78 is 11.4. The van der Waals surface area contributed by atoms with E-state index in [9.17, 15) is 0 Å². The van der Waals surface area contributed by atoms with Crippen LogP contribution in [0, 0.1) is 5.92 Å². The molecule has 0 aromatic carbocycles. The van der Waals surface area contributed by atoms with Gasteiger partial charge in [-0.3, -0.25) is 0 Å². The molecule has 1 unspecified atom stereocenters. The summed E-state index contributed by atoms with van der Waals surface area (Å²) >= 11 is 0. The summed E-state index contributed by atoms with van der Waals surface area (Å²) in [5.74, 6) is 0.597. The predicted octanol–water partition coefficient (Wildman–Crippen LogP) is 2.45. The SMILES string of the molecule is CCNCC(C)(CC)OCCOCC(C)C. The van der Waals surface area contributed by atoms with Gasteiger partial charge in [-0.15, -0.1) is 0 Å². The number of nitrogens with one attached hydrogen (secondary N) is 1. The van der Waals surface area contributed by atoms with Gasteiger partial charge < -0.3 is 14.8 Å². The third-order valence-electron chi connectivity index (χ3n) is 2.63. The number of likely N-dealkylation sites (N-methyl/N-ethyl adjacent to an activating group) is 1. The van der Waals surface area contributed by atoms with E-state index >= 15 is 0 Å². The molecular weight excluding hydrogens is 202 g/mol. The Balaban J connectivity index is 3.61. The van der Waals surface area contributed by atoms with E-state index in [1.165, 1.54) is 0 Å². The Hall–Kier alpha value is -0.120. The monoisotopic (exact) mass is 231 g/mol. The molecule has 1 N–H and O–H groups in total. The maximum atomic E-state index is 5.88. The fourth-order valence-electron chi connectivity index (χ4n) is 1.33. The first-order chi connectivity index (χ1) is 7.54. The molecule has 0 saturated carbocycles. The van der Waals surface area contributed by atoms with E-state index in [0.717, 1.165) is 26.1 Å². The van der Waals surface area contributed by atoms with Crippen molar-refractivity contribution in [1.82, 2.24) is 5.32 Å². The van der Waals surface area contributed by atoms with Gasteiger partial charge in [0.1, 0.15) is 0 Å². The highest BCUT2D eigenvalue weighted by Crippen LogP contribution is 2.13. The van der Waals surface area contributed by atoms with Gasteiger partial charge in [0, 0.05) is 13.2 Å². The van der Waals surface area contributed by atoms with Crippen molar-refractivity contribution < 1.29 is 9.47 Å². The maximum Gasteiger partial charge on any atom is 0.0776 e. The first-order valence-electron chi connectivity index (χ1n) is 6.46. The molecule has 0 aromatic rings. The van der Waals surface area contributed by atoms with Crippen LogP contribution in [0.1, 0.15) is 41.0 Å². The van der Waals surface area contributed by atoms with Gasteiger partial charge in [-0.2, -0.15) is 0 Å². The molecule has 0 bridgehead atoms. The first-order valence-corrected chi connectivity index (χ1v) is 6.46.